The van der Waals surface area contributed by atoms with E-state index in [0.717, 1.165) is 16.8 Å². The highest BCUT2D eigenvalue weighted by Crippen LogP contribution is 2.10. The average Bonchev–Trinajstić information content (AvgIpc) is 2.53. The quantitative estimate of drug-likeness (QED) is 0.767. The van der Waals surface area contributed by atoms with Gasteiger partial charge < -0.3 is 15.2 Å². The summed E-state index contributed by atoms with van der Waals surface area (Å²) in [5, 5.41) is 11.8. The Bertz CT molecular complexity index is 552. The minimum absolute atomic E-state index is 0.0908. The fourth-order valence-corrected chi connectivity index (χ4v) is 1.90. The van der Waals surface area contributed by atoms with Crippen molar-refractivity contribution in [2.75, 3.05) is 18.5 Å². The predicted octanol–water partition coefficient (Wildman–Crippen LogP) is 2.38. The van der Waals surface area contributed by atoms with Gasteiger partial charge >= 0.3 is 5.97 Å². The maximum absolute atomic E-state index is 11.8. The van der Waals surface area contributed by atoms with Crippen LogP contribution in [0.15, 0.2) is 54.6 Å². The number of hydrogen-bond donors (Lipinski definition) is 2. The lowest BCUT2D eigenvalue weighted by atomic mass is 10.1. The van der Waals surface area contributed by atoms with E-state index in [0.29, 0.717) is 13.2 Å². The molecule has 4 nitrogen and oxygen atoms in total. The second-order valence-electron chi connectivity index (χ2n) is 4.67. The van der Waals surface area contributed by atoms with Gasteiger partial charge in [0.1, 0.15) is 6.61 Å². The zero-order valence-electron chi connectivity index (χ0n) is 11.8. The molecule has 0 aliphatic heterocycles. The van der Waals surface area contributed by atoms with Crippen molar-refractivity contribution in [2.24, 2.45) is 0 Å². The number of nitrogens with one attached hydrogen (secondary N) is 1. The molecule has 0 aromatic heterocycles. The van der Waals surface area contributed by atoms with Crippen LogP contribution in [0, 0.1) is 0 Å². The van der Waals surface area contributed by atoms with E-state index in [1.807, 2.05) is 54.6 Å². The zero-order chi connectivity index (χ0) is 14.9. The third-order valence-corrected chi connectivity index (χ3v) is 2.99. The third kappa shape index (κ3) is 5.28. The van der Waals surface area contributed by atoms with Gasteiger partial charge in [-0.05, 0) is 23.3 Å². The molecular formula is C17H19NO3. The van der Waals surface area contributed by atoms with E-state index in [1.165, 1.54) is 0 Å². The van der Waals surface area contributed by atoms with Crippen LogP contribution in [0.25, 0.3) is 0 Å². The molecule has 0 saturated carbocycles. The molecule has 2 rings (SSSR count). The highest BCUT2D eigenvalue weighted by Gasteiger charge is 2.05. The summed E-state index contributed by atoms with van der Waals surface area (Å²) in [5.41, 5.74) is 2.81. The summed E-state index contributed by atoms with van der Waals surface area (Å²) in [6, 6.07) is 17.1. The molecule has 110 valence electrons. The Morgan fingerprint density at radius 1 is 1.00 bits per heavy atom. The second-order valence-corrected chi connectivity index (χ2v) is 4.67. The molecule has 0 fully saturated rings. The van der Waals surface area contributed by atoms with Gasteiger partial charge in [0, 0.05) is 12.2 Å². The predicted molar refractivity (Wildman–Crippen MR) is 82.0 cm³/mol. The number of benzene rings is 2. The highest BCUT2D eigenvalue weighted by atomic mass is 16.5. The van der Waals surface area contributed by atoms with Crippen LogP contribution in [0.3, 0.4) is 0 Å². The van der Waals surface area contributed by atoms with Crippen molar-refractivity contribution in [3.8, 4) is 0 Å². The van der Waals surface area contributed by atoms with Crippen molar-refractivity contribution >= 4 is 11.7 Å². The molecule has 4 heteroatoms. The Labute approximate surface area is 124 Å². The molecule has 0 aliphatic rings. The lowest BCUT2D eigenvalue weighted by Crippen LogP contribution is -2.08. The van der Waals surface area contributed by atoms with Crippen molar-refractivity contribution in [2.45, 2.75) is 13.0 Å². The number of ether oxygens (including phenoxy) is 1. The molecule has 0 saturated heterocycles. The van der Waals surface area contributed by atoms with E-state index in [1.54, 1.807) is 0 Å². The first kappa shape index (κ1) is 15.1. The molecule has 0 aliphatic carbocycles. The van der Waals surface area contributed by atoms with E-state index in [-0.39, 0.29) is 19.0 Å². The molecule has 0 unspecified atom stereocenters. The van der Waals surface area contributed by atoms with Crippen LogP contribution in [0.5, 0.6) is 0 Å². The molecule has 0 atom stereocenters. The van der Waals surface area contributed by atoms with Crippen molar-refractivity contribution in [1.29, 1.82) is 0 Å². The number of carbonyl (C=O) groups excluding carboxylic acids is 1. The van der Waals surface area contributed by atoms with Gasteiger partial charge in [0.2, 0.25) is 0 Å². The van der Waals surface area contributed by atoms with Crippen LogP contribution >= 0.6 is 0 Å². The van der Waals surface area contributed by atoms with Crippen LogP contribution in [0.4, 0.5) is 5.69 Å². The number of carbonyl (C=O) groups is 1. The molecule has 2 N–H and O–H groups in total. The fraction of sp³-hybridized carbons (Fsp3) is 0.235. The first-order chi connectivity index (χ1) is 10.3. The molecular weight excluding hydrogens is 266 g/mol. The van der Waals surface area contributed by atoms with Crippen LogP contribution in [0.1, 0.15) is 11.1 Å². The molecule has 0 heterocycles. The third-order valence-electron chi connectivity index (χ3n) is 2.99. The van der Waals surface area contributed by atoms with Gasteiger partial charge in [-0.2, -0.15) is 0 Å². The summed E-state index contributed by atoms with van der Waals surface area (Å²) < 4.78 is 5.24. The van der Waals surface area contributed by atoms with Gasteiger partial charge in [0.15, 0.2) is 0 Å². The van der Waals surface area contributed by atoms with Crippen molar-refractivity contribution in [3.05, 3.63) is 65.7 Å². The molecule has 2 aromatic rings. The number of anilines is 1. The lowest BCUT2D eigenvalue weighted by Gasteiger charge is -2.07. The monoisotopic (exact) mass is 285 g/mol. The van der Waals surface area contributed by atoms with Crippen molar-refractivity contribution in [1.82, 2.24) is 0 Å². The highest BCUT2D eigenvalue weighted by molar-refractivity contribution is 5.72. The maximum Gasteiger partial charge on any atom is 0.310 e. The lowest BCUT2D eigenvalue weighted by molar-refractivity contribution is -0.144. The van der Waals surface area contributed by atoms with E-state index in [9.17, 15) is 4.79 Å². The standard InChI is InChI=1S/C17H19NO3/c19-11-10-18-16-8-6-14(7-9-16)12-17(20)21-13-15-4-2-1-3-5-15/h1-9,18-19H,10-13H2. The van der Waals surface area contributed by atoms with E-state index in [2.05, 4.69) is 5.32 Å². The SMILES string of the molecule is O=C(Cc1ccc(NCCO)cc1)OCc1ccccc1. The number of rotatable bonds is 7. The van der Waals surface area contributed by atoms with Gasteiger partial charge in [-0.3, -0.25) is 4.79 Å². The largest absolute Gasteiger partial charge is 0.461 e. The van der Waals surface area contributed by atoms with Crippen molar-refractivity contribution < 1.29 is 14.6 Å². The summed E-state index contributed by atoms with van der Waals surface area (Å²) in [7, 11) is 0. The van der Waals surface area contributed by atoms with E-state index < -0.39 is 0 Å². The van der Waals surface area contributed by atoms with Gasteiger partial charge in [-0.1, -0.05) is 42.5 Å². The number of esters is 1. The Kier molecular flexibility index (Phi) is 5.79. The number of aliphatic hydroxyl groups is 1. The molecule has 0 amide bonds. The van der Waals surface area contributed by atoms with Gasteiger partial charge in [0.25, 0.3) is 0 Å². The van der Waals surface area contributed by atoms with Crippen LogP contribution in [-0.2, 0) is 22.6 Å². The number of aliphatic hydroxyl groups excluding tert-OH is 1. The molecule has 2 aromatic carbocycles. The van der Waals surface area contributed by atoms with Gasteiger partial charge in [-0.25, -0.2) is 0 Å². The molecule has 0 bridgehead atoms. The van der Waals surface area contributed by atoms with Crippen LogP contribution in [0.2, 0.25) is 0 Å². The topological polar surface area (TPSA) is 58.6 Å². The summed E-state index contributed by atoms with van der Waals surface area (Å²) in [6.45, 7) is 0.905. The van der Waals surface area contributed by atoms with E-state index >= 15 is 0 Å². The van der Waals surface area contributed by atoms with Crippen LogP contribution < -0.4 is 5.32 Å². The summed E-state index contributed by atoms with van der Waals surface area (Å²) in [4.78, 5) is 11.8. The summed E-state index contributed by atoms with van der Waals surface area (Å²) in [6.07, 6.45) is 0.257. The second kappa shape index (κ2) is 8.07. The number of hydrogen-bond acceptors (Lipinski definition) is 4. The van der Waals surface area contributed by atoms with E-state index in [4.69, 9.17) is 9.84 Å². The van der Waals surface area contributed by atoms with Crippen molar-refractivity contribution in [3.63, 3.8) is 0 Å². The minimum Gasteiger partial charge on any atom is -0.461 e. The normalized spacial score (nSPS) is 10.1. The Balaban J connectivity index is 1.79. The summed E-state index contributed by atoms with van der Waals surface area (Å²) in [5.74, 6) is -0.241. The first-order valence-corrected chi connectivity index (χ1v) is 6.91. The van der Waals surface area contributed by atoms with Gasteiger partial charge in [0.05, 0.1) is 13.0 Å². The molecule has 21 heavy (non-hydrogen) atoms. The maximum atomic E-state index is 11.8. The molecule has 0 radical (unpaired) electrons. The Hall–Kier alpha value is -2.33. The van der Waals surface area contributed by atoms with Gasteiger partial charge in [-0.15, -0.1) is 0 Å². The van der Waals surface area contributed by atoms with Crippen LogP contribution in [-0.4, -0.2) is 24.2 Å². The summed E-state index contributed by atoms with van der Waals surface area (Å²) >= 11 is 0. The minimum atomic E-state index is -0.241. The fourth-order valence-electron chi connectivity index (χ4n) is 1.90. The Morgan fingerprint density at radius 3 is 2.38 bits per heavy atom. The average molecular weight is 285 g/mol. The Morgan fingerprint density at radius 2 is 1.71 bits per heavy atom. The smallest absolute Gasteiger partial charge is 0.310 e. The first-order valence-electron chi connectivity index (χ1n) is 6.91. The zero-order valence-corrected chi connectivity index (χ0v) is 11.8. The molecule has 0 spiro atoms.